The fraction of sp³-hybridized carbons (Fsp3) is 0.240. The van der Waals surface area contributed by atoms with E-state index in [1.54, 1.807) is 34.1 Å². The normalized spacial score (nSPS) is 15.3. The molecule has 0 fully saturated rings. The highest BCUT2D eigenvalue weighted by molar-refractivity contribution is 7.99. The van der Waals surface area contributed by atoms with Crippen LogP contribution in [-0.2, 0) is 17.6 Å². The van der Waals surface area contributed by atoms with E-state index in [1.807, 2.05) is 30.3 Å². The van der Waals surface area contributed by atoms with Crippen molar-refractivity contribution in [3.05, 3.63) is 79.4 Å². The van der Waals surface area contributed by atoms with Crippen LogP contribution in [0.5, 0.6) is 0 Å². The molecule has 0 radical (unpaired) electrons. The molecule has 9 heteroatoms. The van der Waals surface area contributed by atoms with Gasteiger partial charge in [-0.3, -0.25) is 14.2 Å². The molecule has 0 spiro atoms. The molecule has 0 saturated heterocycles. The Balaban J connectivity index is 1.50. The van der Waals surface area contributed by atoms with E-state index in [-0.39, 0.29) is 17.2 Å². The van der Waals surface area contributed by atoms with Gasteiger partial charge in [0.15, 0.2) is 5.16 Å². The zero-order chi connectivity index (χ0) is 23.8. The third-order valence-electron chi connectivity index (χ3n) is 5.85. The Morgan fingerprint density at radius 2 is 2.00 bits per heavy atom. The number of carbonyl (C=O) groups is 1. The van der Waals surface area contributed by atoms with Crippen LogP contribution in [0.1, 0.15) is 23.8 Å². The van der Waals surface area contributed by atoms with Gasteiger partial charge in [0.05, 0.1) is 26.9 Å². The second-order valence-electron chi connectivity index (χ2n) is 8.37. The number of thioether (sulfide) groups is 1. The van der Waals surface area contributed by atoms with Crippen LogP contribution in [0.15, 0.2) is 58.5 Å². The van der Waals surface area contributed by atoms with Gasteiger partial charge in [0.2, 0.25) is 5.91 Å². The molecular weight excluding hydrogens is 509 g/mol. The number of thiophene rings is 1. The van der Waals surface area contributed by atoms with Crippen molar-refractivity contribution >= 4 is 68.1 Å². The fourth-order valence-electron chi connectivity index (χ4n) is 4.17. The van der Waals surface area contributed by atoms with Crippen molar-refractivity contribution in [3.63, 3.8) is 0 Å². The van der Waals surface area contributed by atoms with Crippen LogP contribution >= 0.6 is 46.3 Å². The van der Waals surface area contributed by atoms with Crippen LogP contribution in [0.4, 0.5) is 5.69 Å². The van der Waals surface area contributed by atoms with Gasteiger partial charge in [-0.2, -0.15) is 0 Å². The number of carbonyl (C=O) groups excluding carboxylic acids is 1. The Morgan fingerprint density at radius 1 is 1.21 bits per heavy atom. The van der Waals surface area contributed by atoms with Crippen LogP contribution < -0.4 is 10.9 Å². The average Bonchev–Trinajstić information content (AvgIpc) is 3.18. The molecule has 2 heterocycles. The first-order chi connectivity index (χ1) is 16.4. The number of para-hydroxylation sites is 1. The highest BCUT2D eigenvalue weighted by Gasteiger charge is 2.25. The number of anilines is 1. The van der Waals surface area contributed by atoms with Crippen LogP contribution in [0.3, 0.4) is 0 Å². The Labute approximate surface area is 215 Å². The first-order valence-electron chi connectivity index (χ1n) is 10.9. The van der Waals surface area contributed by atoms with Crippen LogP contribution in [0.2, 0.25) is 10.0 Å². The third kappa shape index (κ3) is 4.62. The summed E-state index contributed by atoms with van der Waals surface area (Å²) in [7, 11) is 0. The van der Waals surface area contributed by atoms with E-state index in [2.05, 4.69) is 12.2 Å². The van der Waals surface area contributed by atoms with Crippen molar-refractivity contribution in [1.82, 2.24) is 9.55 Å². The molecule has 0 bridgehead atoms. The number of nitrogens with one attached hydrogen (secondary N) is 1. The summed E-state index contributed by atoms with van der Waals surface area (Å²) < 4.78 is 1.63. The van der Waals surface area contributed by atoms with E-state index in [0.29, 0.717) is 26.8 Å². The number of aryl methyl sites for hydroxylation is 1. The molecule has 2 aromatic heterocycles. The highest BCUT2D eigenvalue weighted by atomic mass is 35.5. The van der Waals surface area contributed by atoms with Gasteiger partial charge < -0.3 is 5.32 Å². The number of hydrogen-bond donors (Lipinski definition) is 1. The Hall–Kier alpha value is -2.32. The highest BCUT2D eigenvalue weighted by Crippen LogP contribution is 2.37. The second-order valence-corrected chi connectivity index (χ2v) is 11.2. The van der Waals surface area contributed by atoms with Crippen molar-refractivity contribution in [2.75, 3.05) is 11.1 Å². The number of rotatable bonds is 5. The first-order valence-corrected chi connectivity index (χ1v) is 13.5. The summed E-state index contributed by atoms with van der Waals surface area (Å²) in [6.45, 7) is 2.25. The van der Waals surface area contributed by atoms with Crippen LogP contribution in [0, 0.1) is 5.92 Å². The van der Waals surface area contributed by atoms with Gasteiger partial charge in [-0.05, 0) is 61.1 Å². The maximum Gasteiger partial charge on any atom is 0.267 e. The number of benzene rings is 2. The van der Waals surface area contributed by atoms with E-state index < -0.39 is 0 Å². The predicted molar refractivity (Wildman–Crippen MR) is 142 cm³/mol. The largest absolute Gasteiger partial charge is 0.325 e. The lowest BCUT2D eigenvalue weighted by molar-refractivity contribution is -0.113. The zero-order valence-corrected chi connectivity index (χ0v) is 21.5. The Bertz CT molecular complexity index is 1450. The van der Waals surface area contributed by atoms with Gasteiger partial charge in [0.25, 0.3) is 5.56 Å². The molecule has 1 N–H and O–H groups in total. The van der Waals surface area contributed by atoms with E-state index in [4.69, 9.17) is 28.2 Å². The summed E-state index contributed by atoms with van der Waals surface area (Å²) in [4.78, 5) is 33.3. The summed E-state index contributed by atoms with van der Waals surface area (Å²) in [5.74, 6) is 0.472. The zero-order valence-electron chi connectivity index (χ0n) is 18.3. The van der Waals surface area contributed by atoms with Crippen LogP contribution in [0.25, 0.3) is 15.9 Å². The Kier molecular flexibility index (Phi) is 6.71. The summed E-state index contributed by atoms with van der Waals surface area (Å²) in [5, 5.41) is 4.83. The Morgan fingerprint density at radius 3 is 2.76 bits per heavy atom. The lowest BCUT2D eigenvalue weighted by Gasteiger charge is -2.17. The smallest absolute Gasteiger partial charge is 0.267 e. The summed E-state index contributed by atoms with van der Waals surface area (Å²) >= 11 is 14.9. The first kappa shape index (κ1) is 23.4. The third-order valence-corrected chi connectivity index (χ3v) is 8.67. The topological polar surface area (TPSA) is 64.0 Å². The lowest BCUT2D eigenvalue weighted by atomic mass is 9.89. The van der Waals surface area contributed by atoms with Crippen molar-refractivity contribution < 1.29 is 4.79 Å². The molecular formula is C25H21Cl2N3O2S2. The molecule has 4 aromatic rings. The van der Waals surface area contributed by atoms with Crippen molar-refractivity contribution in [2.45, 2.75) is 31.3 Å². The van der Waals surface area contributed by atoms with E-state index in [9.17, 15) is 9.59 Å². The number of halogens is 2. The predicted octanol–water partition coefficient (Wildman–Crippen LogP) is 6.61. The van der Waals surface area contributed by atoms with E-state index in [1.165, 1.54) is 16.6 Å². The van der Waals surface area contributed by atoms with Gasteiger partial charge >= 0.3 is 0 Å². The maximum atomic E-state index is 13.8. The van der Waals surface area contributed by atoms with E-state index in [0.717, 1.165) is 40.7 Å². The van der Waals surface area contributed by atoms with Crippen LogP contribution in [-0.4, -0.2) is 21.2 Å². The molecule has 1 amide bonds. The quantitative estimate of drug-likeness (QED) is 0.233. The van der Waals surface area contributed by atoms with Gasteiger partial charge in [-0.25, -0.2) is 4.98 Å². The maximum absolute atomic E-state index is 13.8. The van der Waals surface area contributed by atoms with Crippen molar-refractivity contribution in [1.29, 1.82) is 0 Å². The monoisotopic (exact) mass is 529 g/mol. The number of hydrogen-bond acceptors (Lipinski definition) is 5. The molecule has 2 aromatic carbocycles. The molecule has 174 valence electrons. The summed E-state index contributed by atoms with van der Waals surface area (Å²) in [6, 6.07) is 14.4. The minimum atomic E-state index is -0.225. The molecule has 1 atom stereocenters. The van der Waals surface area contributed by atoms with Gasteiger partial charge in [-0.15, -0.1) is 11.3 Å². The minimum Gasteiger partial charge on any atom is -0.325 e. The molecule has 0 saturated carbocycles. The molecule has 34 heavy (non-hydrogen) atoms. The second kappa shape index (κ2) is 9.74. The molecule has 1 aliphatic carbocycles. The number of aromatic nitrogens is 2. The van der Waals surface area contributed by atoms with Crippen molar-refractivity contribution in [3.8, 4) is 5.69 Å². The number of fused-ring (bicyclic) bond motifs is 3. The molecule has 5 nitrogen and oxygen atoms in total. The summed E-state index contributed by atoms with van der Waals surface area (Å²) in [6.07, 6.45) is 2.96. The molecule has 0 aliphatic heterocycles. The summed E-state index contributed by atoms with van der Waals surface area (Å²) in [5.41, 5.74) is 2.37. The molecule has 1 unspecified atom stereocenters. The fourth-order valence-corrected chi connectivity index (χ4v) is 6.71. The van der Waals surface area contributed by atoms with Gasteiger partial charge in [0, 0.05) is 10.6 Å². The van der Waals surface area contributed by atoms with E-state index >= 15 is 0 Å². The number of nitrogens with zero attached hydrogens (tertiary/aromatic N) is 2. The molecule has 1 aliphatic rings. The standard InChI is InChI=1S/C25H21Cl2N3O2S2/c1-14-7-9-17-20(11-14)34-23-22(17)24(32)30(16-5-3-2-4-6-16)25(29-23)33-13-21(31)28-15-8-10-18(26)19(27)12-15/h2-6,8,10,12,14H,7,9,11,13H2,1H3,(H,28,31). The molecule has 5 rings (SSSR count). The average molecular weight is 531 g/mol. The SMILES string of the molecule is CC1CCc2c(sc3nc(SCC(=O)Nc4ccc(Cl)c(Cl)c4)n(-c4ccccc4)c(=O)c23)C1. The minimum absolute atomic E-state index is 0.0735. The number of amides is 1. The lowest BCUT2D eigenvalue weighted by Crippen LogP contribution is -2.23. The van der Waals surface area contributed by atoms with Gasteiger partial charge in [-0.1, -0.05) is 60.1 Å². The van der Waals surface area contributed by atoms with Gasteiger partial charge in [0.1, 0.15) is 4.83 Å². The van der Waals surface area contributed by atoms with Crippen molar-refractivity contribution in [2.24, 2.45) is 5.92 Å².